The SMILES string of the molecule is CCC(C)[C@H](NC(=O)CC(O)[C@H](Cc1ccc([N+](=O)[O-])cc1)NC(=O)OC(C)(C)C)C(=O)OC. The summed E-state index contributed by atoms with van der Waals surface area (Å²) in [5.41, 5.74) is -0.286. The fourth-order valence-corrected chi connectivity index (χ4v) is 3.11. The second-order valence-corrected chi connectivity index (χ2v) is 9.11. The summed E-state index contributed by atoms with van der Waals surface area (Å²) < 4.78 is 10.0. The van der Waals surface area contributed by atoms with Crippen molar-refractivity contribution in [3.8, 4) is 0 Å². The lowest BCUT2D eigenvalue weighted by atomic mass is 9.97. The molecule has 0 heterocycles. The molecule has 190 valence electrons. The number of hydrogen-bond acceptors (Lipinski definition) is 8. The summed E-state index contributed by atoms with van der Waals surface area (Å²) in [6, 6.07) is 3.82. The summed E-state index contributed by atoms with van der Waals surface area (Å²) in [7, 11) is 1.23. The third kappa shape index (κ3) is 9.74. The number of alkyl carbamates (subject to hydrolysis) is 1. The van der Waals surface area contributed by atoms with Crippen LogP contribution in [0.25, 0.3) is 0 Å². The van der Waals surface area contributed by atoms with Crippen molar-refractivity contribution in [1.82, 2.24) is 10.6 Å². The number of esters is 1. The highest BCUT2D eigenvalue weighted by Crippen LogP contribution is 2.16. The van der Waals surface area contributed by atoms with E-state index in [-0.39, 0.29) is 18.0 Å². The smallest absolute Gasteiger partial charge is 0.407 e. The van der Waals surface area contributed by atoms with Crippen LogP contribution in [0.5, 0.6) is 0 Å². The highest BCUT2D eigenvalue weighted by molar-refractivity contribution is 5.85. The average molecular weight is 482 g/mol. The number of nitro groups is 1. The quantitative estimate of drug-likeness (QED) is 0.247. The van der Waals surface area contributed by atoms with Gasteiger partial charge in [-0.2, -0.15) is 0 Å². The fraction of sp³-hybridized carbons (Fsp3) is 0.609. The molecule has 2 amide bonds. The molecule has 0 bridgehead atoms. The van der Waals surface area contributed by atoms with Gasteiger partial charge in [-0.3, -0.25) is 14.9 Å². The average Bonchev–Trinajstić information content (AvgIpc) is 2.74. The molecule has 11 heteroatoms. The highest BCUT2D eigenvalue weighted by Gasteiger charge is 2.30. The van der Waals surface area contributed by atoms with Gasteiger partial charge in [-0.1, -0.05) is 32.4 Å². The molecule has 1 rings (SSSR count). The van der Waals surface area contributed by atoms with Crippen LogP contribution in [0, 0.1) is 16.0 Å². The van der Waals surface area contributed by atoms with Gasteiger partial charge in [0.1, 0.15) is 11.6 Å². The van der Waals surface area contributed by atoms with Gasteiger partial charge in [0.2, 0.25) is 5.91 Å². The number of rotatable bonds is 11. The lowest BCUT2D eigenvalue weighted by Crippen LogP contribution is -2.50. The minimum absolute atomic E-state index is 0.0808. The van der Waals surface area contributed by atoms with Crippen LogP contribution in [0.1, 0.15) is 53.0 Å². The minimum Gasteiger partial charge on any atom is -0.467 e. The van der Waals surface area contributed by atoms with E-state index in [0.717, 1.165) is 0 Å². The predicted octanol–water partition coefficient (Wildman–Crippen LogP) is 2.49. The number of methoxy groups -OCH3 is 1. The van der Waals surface area contributed by atoms with Gasteiger partial charge in [0.15, 0.2) is 0 Å². The topological polar surface area (TPSA) is 157 Å². The maximum atomic E-state index is 12.6. The van der Waals surface area contributed by atoms with E-state index in [1.807, 2.05) is 6.92 Å². The van der Waals surface area contributed by atoms with E-state index in [9.17, 15) is 29.6 Å². The molecule has 0 radical (unpaired) electrons. The molecule has 0 aliphatic rings. The van der Waals surface area contributed by atoms with E-state index in [4.69, 9.17) is 9.47 Å². The molecule has 11 nitrogen and oxygen atoms in total. The van der Waals surface area contributed by atoms with Crippen molar-refractivity contribution in [3.63, 3.8) is 0 Å². The standard InChI is InChI=1S/C23H35N3O8/c1-7-14(2)20(21(29)33-6)25-19(28)13-18(27)17(24-22(30)34-23(3,4)5)12-15-8-10-16(11-9-15)26(31)32/h8-11,14,17-18,20,27H,7,12-13H2,1-6H3,(H,24,30)(H,25,28)/t14?,17-,18?,20-/m0/s1. The van der Waals surface area contributed by atoms with Crippen LogP contribution in [0.3, 0.4) is 0 Å². The Balaban J connectivity index is 3.00. The number of hydrogen-bond donors (Lipinski definition) is 3. The molecule has 3 N–H and O–H groups in total. The summed E-state index contributed by atoms with van der Waals surface area (Å²) in [6.07, 6.45) is -1.83. The molecule has 0 spiro atoms. The maximum Gasteiger partial charge on any atom is 0.407 e. The molecule has 34 heavy (non-hydrogen) atoms. The predicted molar refractivity (Wildman–Crippen MR) is 124 cm³/mol. The van der Waals surface area contributed by atoms with Crippen molar-refractivity contribution in [2.45, 2.75) is 77.7 Å². The van der Waals surface area contributed by atoms with E-state index in [1.165, 1.54) is 31.4 Å². The lowest BCUT2D eigenvalue weighted by molar-refractivity contribution is -0.384. The summed E-state index contributed by atoms with van der Waals surface area (Å²) in [6.45, 7) is 8.71. The number of nitrogens with zero attached hydrogens (tertiary/aromatic N) is 1. The molecule has 0 aliphatic carbocycles. The third-order valence-corrected chi connectivity index (χ3v) is 5.15. The Bertz CT molecular complexity index is 851. The Kier molecular flexibility index (Phi) is 10.9. The lowest BCUT2D eigenvalue weighted by Gasteiger charge is -2.27. The van der Waals surface area contributed by atoms with Crippen molar-refractivity contribution >= 4 is 23.7 Å². The molecule has 0 saturated carbocycles. The first-order valence-corrected chi connectivity index (χ1v) is 11.1. The summed E-state index contributed by atoms with van der Waals surface area (Å²) in [4.78, 5) is 47.3. The van der Waals surface area contributed by atoms with E-state index in [1.54, 1.807) is 27.7 Å². The van der Waals surface area contributed by atoms with Crippen LogP contribution in [0.15, 0.2) is 24.3 Å². The van der Waals surface area contributed by atoms with Crippen molar-refractivity contribution in [3.05, 3.63) is 39.9 Å². The molecular weight excluding hydrogens is 446 g/mol. The first kappa shape index (κ1) is 28.8. The zero-order valence-electron chi connectivity index (χ0n) is 20.5. The van der Waals surface area contributed by atoms with Gasteiger partial charge in [0.05, 0.1) is 30.6 Å². The van der Waals surface area contributed by atoms with Gasteiger partial charge in [0, 0.05) is 12.1 Å². The summed E-state index contributed by atoms with van der Waals surface area (Å²) >= 11 is 0. The largest absolute Gasteiger partial charge is 0.467 e. The first-order chi connectivity index (χ1) is 15.8. The second-order valence-electron chi connectivity index (χ2n) is 9.11. The van der Waals surface area contributed by atoms with E-state index in [2.05, 4.69) is 10.6 Å². The van der Waals surface area contributed by atoms with E-state index in [0.29, 0.717) is 12.0 Å². The molecule has 2 unspecified atom stereocenters. The molecule has 4 atom stereocenters. The van der Waals surface area contributed by atoms with Crippen LogP contribution in [-0.4, -0.2) is 58.9 Å². The normalized spacial score (nSPS) is 14.8. The molecule has 0 aromatic heterocycles. The van der Waals surface area contributed by atoms with Crippen LogP contribution in [0.4, 0.5) is 10.5 Å². The Hall–Kier alpha value is -3.21. The van der Waals surface area contributed by atoms with Gasteiger partial charge in [-0.05, 0) is 38.7 Å². The summed E-state index contributed by atoms with van der Waals surface area (Å²) in [5, 5.41) is 26.8. The zero-order chi connectivity index (χ0) is 26.1. The number of non-ortho nitro benzene ring substituents is 1. The monoisotopic (exact) mass is 481 g/mol. The van der Waals surface area contributed by atoms with Gasteiger partial charge in [-0.25, -0.2) is 9.59 Å². The van der Waals surface area contributed by atoms with Crippen LogP contribution in [-0.2, 0) is 25.5 Å². The van der Waals surface area contributed by atoms with Crippen LogP contribution < -0.4 is 10.6 Å². The highest BCUT2D eigenvalue weighted by atomic mass is 16.6. The van der Waals surface area contributed by atoms with Crippen molar-refractivity contribution in [2.24, 2.45) is 5.92 Å². The van der Waals surface area contributed by atoms with E-state index >= 15 is 0 Å². The number of nitro benzene ring substituents is 1. The van der Waals surface area contributed by atoms with Gasteiger partial charge < -0.3 is 25.2 Å². The van der Waals surface area contributed by atoms with Crippen LogP contribution >= 0.6 is 0 Å². The molecular formula is C23H35N3O8. The number of carbonyl (C=O) groups is 3. The Morgan fingerprint density at radius 3 is 2.21 bits per heavy atom. The Morgan fingerprint density at radius 2 is 1.74 bits per heavy atom. The number of amides is 2. The van der Waals surface area contributed by atoms with Gasteiger partial charge >= 0.3 is 12.1 Å². The maximum absolute atomic E-state index is 12.6. The molecule has 1 aromatic rings. The zero-order valence-corrected chi connectivity index (χ0v) is 20.5. The minimum atomic E-state index is -1.34. The Morgan fingerprint density at radius 1 is 1.15 bits per heavy atom. The van der Waals surface area contributed by atoms with Gasteiger partial charge in [0.25, 0.3) is 5.69 Å². The molecule has 0 saturated heterocycles. The third-order valence-electron chi connectivity index (χ3n) is 5.15. The van der Waals surface area contributed by atoms with Crippen molar-refractivity contribution in [1.29, 1.82) is 0 Å². The van der Waals surface area contributed by atoms with Crippen LogP contribution in [0.2, 0.25) is 0 Å². The molecule has 0 aliphatic heterocycles. The van der Waals surface area contributed by atoms with Crippen molar-refractivity contribution in [2.75, 3.05) is 7.11 Å². The first-order valence-electron chi connectivity index (χ1n) is 11.1. The molecule has 1 aromatic carbocycles. The molecule has 0 fully saturated rings. The fourth-order valence-electron chi connectivity index (χ4n) is 3.11. The summed E-state index contributed by atoms with van der Waals surface area (Å²) in [5.74, 6) is -1.38. The van der Waals surface area contributed by atoms with Crippen molar-refractivity contribution < 1.29 is 33.9 Å². The number of aliphatic hydroxyl groups excluding tert-OH is 1. The Labute approximate surface area is 199 Å². The number of benzene rings is 1. The van der Waals surface area contributed by atoms with Gasteiger partial charge in [-0.15, -0.1) is 0 Å². The van der Waals surface area contributed by atoms with E-state index < -0.39 is 53.1 Å². The number of nitrogens with one attached hydrogen (secondary N) is 2. The number of ether oxygens (including phenoxy) is 2. The second kappa shape index (κ2) is 12.9. The number of aliphatic hydroxyl groups is 1. The number of carbonyl (C=O) groups excluding carboxylic acids is 3.